The lowest BCUT2D eigenvalue weighted by molar-refractivity contribution is -0.147. The summed E-state index contributed by atoms with van der Waals surface area (Å²) in [5.41, 5.74) is 5.41. The van der Waals surface area contributed by atoms with Gasteiger partial charge in [0, 0.05) is 0 Å². The normalized spacial score (nSPS) is 34.6. The van der Waals surface area contributed by atoms with E-state index in [-0.39, 0.29) is 0 Å². The molecule has 0 aromatic heterocycles. The maximum atomic E-state index is 11.0. The van der Waals surface area contributed by atoms with Gasteiger partial charge in [-0.25, -0.2) is 0 Å². The van der Waals surface area contributed by atoms with Crippen LogP contribution in [-0.2, 0) is 19.1 Å². The van der Waals surface area contributed by atoms with Gasteiger partial charge in [-0.15, -0.1) is 0 Å². The molecular formula is C7H11NO4. The van der Waals surface area contributed by atoms with Gasteiger partial charge in [-0.3, -0.25) is 9.59 Å². The van der Waals surface area contributed by atoms with Crippen LogP contribution >= 0.6 is 0 Å². The summed E-state index contributed by atoms with van der Waals surface area (Å²) in [6.45, 7) is 1.62. The van der Waals surface area contributed by atoms with Crippen LogP contribution < -0.4 is 5.73 Å². The molecule has 0 aliphatic carbocycles. The third-order valence-electron chi connectivity index (χ3n) is 1.94. The molecule has 3 atom stereocenters. The van der Waals surface area contributed by atoms with Gasteiger partial charge in [0.05, 0.1) is 7.11 Å². The zero-order valence-electron chi connectivity index (χ0n) is 6.94. The second-order valence-corrected chi connectivity index (χ2v) is 2.72. The highest BCUT2D eigenvalue weighted by molar-refractivity contribution is 5.87. The minimum absolute atomic E-state index is 0.486. The van der Waals surface area contributed by atoms with Crippen LogP contribution in [-0.4, -0.2) is 31.2 Å². The fourth-order valence-electron chi connectivity index (χ4n) is 1.25. The van der Waals surface area contributed by atoms with Crippen LogP contribution in [0.15, 0.2) is 0 Å². The molecule has 0 aromatic carbocycles. The van der Waals surface area contributed by atoms with E-state index in [2.05, 4.69) is 4.74 Å². The minimum atomic E-state index is -0.882. The predicted molar refractivity (Wildman–Crippen MR) is 39.0 cm³/mol. The summed E-state index contributed by atoms with van der Waals surface area (Å²) >= 11 is 0. The van der Waals surface area contributed by atoms with Crippen molar-refractivity contribution in [3.63, 3.8) is 0 Å². The molecule has 1 fully saturated rings. The molecule has 0 aromatic rings. The highest BCUT2D eigenvalue weighted by Gasteiger charge is 2.45. The molecule has 0 spiro atoms. The number of rotatable bonds is 1. The smallest absolute Gasteiger partial charge is 0.324 e. The number of hydrogen-bond acceptors (Lipinski definition) is 5. The summed E-state index contributed by atoms with van der Waals surface area (Å²) in [5.74, 6) is -1.71. The van der Waals surface area contributed by atoms with Crippen molar-refractivity contribution in [1.82, 2.24) is 0 Å². The highest BCUT2D eigenvalue weighted by atomic mass is 16.6. The van der Waals surface area contributed by atoms with E-state index >= 15 is 0 Å². The first-order valence-corrected chi connectivity index (χ1v) is 3.62. The number of ether oxygens (including phenoxy) is 2. The van der Waals surface area contributed by atoms with Crippen LogP contribution in [0, 0.1) is 5.92 Å². The zero-order chi connectivity index (χ0) is 9.30. The van der Waals surface area contributed by atoms with Crippen LogP contribution in [0.2, 0.25) is 0 Å². The maximum Gasteiger partial charge on any atom is 0.324 e. The van der Waals surface area contributed by atoms with Crippen LogP contribution in [0.5, 0.6) is 0 Å². The Morgan fingerprint density at radius 1 is 1.67 bits per heavy atom. The lowest BCUT2D eigenvalue weighted by Gasteiger charge is -2.11. The average molecular weight is 173 g/mol. The van der Waals surface area contributed by atoms with E-state index in [1.807, 2.05) is 0 Å². The number of cyclic esters (lactones) is 1. The number of esters is 2. The largest absolute Gasteiger partial charge is 0.469 e. The van der Waals surface area contributed by atoms with Crippen molar-refractivity contribution in [3.8, 4) is 0 Å². The van der Waals surface area contributed by atoms with Gasteiger partial charge in [-0.1, -0.05) is 0 Å². The molecule has 1 aliphatic heterocycles. The number of carbonyl (C=O) groups excluding carboxylic acids is 2. The Morgan fingerprint density at radius 3 is 2.58 bits per heavy atom. The quantitative estimate of drug-likeness (QED) is 0.517. The predicted octanol–water partition coefficient (Wildman–Crippen LogP) is -0.952. The molecule has 1 saturated heterocycles. The molecule has 0 saturated carbocycles. The van der Waals surface area contributed by atoms with Crippen molar-refractivity contribution >= 4 is 11.9 Å². The van der Waals surface area contributed by atoms with Gasteiger partial charge >= 0.3 is 11.9 Å². The van der Waals surface area contributed by atoms with Crippen LogP contribution in [0.1, 0.15) is 6.92 Å². The molecule has 2 N–H and O–H groups in total. The summed E-state index contributed by atoms with van der Waals surface area (Å²) in [7, 11) is 1.25. The van der Waals surface area contributed by atoms with Gasteiger partial charge < -0.3 is 15.2 Å². The Bertz CT molecular complexity index is 215. The molecule has 68 valence electrons. The molecule has 0 bridgehead atoms. The molecule has 1 heterocycles. The van der Waals surface area contributed by atoms with E-state index in [0.29, 0.717) is 0 Å². The van der Waals surface area contributed by atoms with E-state index in [9.17, 15) is 9.59 Å². The zero-order valence-corrected chi connectivity index (χ0v) is 6.94. The molecule has 1 rings (SSSR count). The van der Waals surface area contributed by atoms with Crippen molar-refractivity contribution in [1.29, 1.82) is 0 Å². The Kier molecular flexibility index (Phi) is 2.32. The van der Waals surface area contributed by atoms with Gasteiger partial charge in [-0.2, -0.15) is 0 Å². The fourth-order valence-corrected chi connectivity index (χ4v) is 1.25. The van der Waals surface area contributed by atoms with Crippen LogP contribution in [0.25, 0.3) is 0 Å². The molecule has 1 aliphatic rings. The SMILES string of the molecule is COC(=O)C1C(C)OC(=O)C1N. The van der Waals surface area contributed by atoms with Crippen LogP contribution in [0.3, 0.4) is 0 Å². The summed E-state index contributed by atoms with van der Waals surface area (Å²) in [6, 6.07) is -0.882. The minimum Gasteiger partial charge on any atom is -0.469 e. The molecule has 12 heavy (non-hydrogen) atoms. The molecular weight excluding hydrogens is 162 g/mol. The summed E-state index contributed by atoms with van der Waals surface area (Å²) in [4.78, 5) is 21.9. The third-order valence-corrected chi connectivity index (χ3v) is 1.94. The Hall–Kier alpha value is -1.10. The third kappa shape index (κ3) is 1.27. The first-order chi connectivity index (χ1) is 5.57. The lowest BCUT2D eigenvalue weighted by atomic mass is 9.99. The van der Waals surface area contributed by atoms with Crippen molar-refractivity contribution in [3.05, 3.63) is 0 Å². The summed E-state index contributed by atoms with van der Waals surface area (Å²) < 4.78 is 9.22. The first-order valence-electron chi connectivity index (χ1n) is 3.62. The molecule has 0 radical (unpaired) electrons. The van der Waals surface area contributed by atoms with Gasteiger partial charge in [0.1, 0.15) is 18.1 Å². The molecule has 3 unspecified atom stereocenters. The number of methoxy groups -OCH3 is 1. The lowest BCUT2D eigenvalue weighted by Crippen LogP contribution is -2.39. The van der Waals surface area contributed by atoms with Crippen molar-refractivity contribution in [2.24, 2.45) is 11.7 Å². The number of nitrogens with two attached hydrogens (primary N) is 1. The topological polar surface area (TPSA) is 78.6 Å². The van der Waals surface area contributed by atoms with Crippen molar-refractivity contribution < 1.29 is 19.1 Å². The van der Waals surface area contributed by atoms with Crippen molar-refractivity contribution in [2.75, 3.05) is 7.11 Å². The van der Waals surface area contributed by atoms with Gasteiger partial charge in [-0.05, 0) is 6.92 Å². The Balaban J connectivity index is 2.76. The number of carbonyl (C=O) groups is 2. The van der Waals surface area contributed by atoms with Gasteiger partial charge in [0.25, 0.3) is 0 Å². The standard InChI is InChI=1S/C7H11NO4/c1-3-4(6(9)11-2)5(8)7(10)12-3/h3-5H,8H2,1-2H3. The van der Waals surface area contributed by atoms with Crippen molar-refractivity contribution in [2.45, 2.75) is 19.1 Å². The first kappa shape index (κ1) is 8.99. The molecule has 5 heteroatoms. The van der Waals surface area contributed by atoms with E-state index in [1.54, 1.807) is 6.92 Å². The summed E-state index contributed by atoms with van der Waals surface area (Å²) in [5, 5.41) is 0. The monoisotopic (exact) mass is 173 g/mol. The average Bonchev–Trinajstić information content (AvgIpc) is 2.26. The number of hydrogen-bond donors (Lipinski definition) is 1. The fraction of sp³-hybridized carbons (Fsp3) is 0.714. The second kappa shape index (κ2) is 3.10. The van der Waals surface area contributed by atoms with Gasteiger partial charge in [0.15, 0.2) is 0 Å². The summed E-state index contributed by atoms with van der Waals surface area (Å²) in [6.07, 6.45) is -0.486. The Morgan fingerprint density at radius 2 is 2.25 bits per heavy atom. The Labute approximate surface area is 69.8 Å². The van der Waals surface area contributed by atoms with E-state index in [0.717, 1.165) is 0 Å². The maximum absolute atomic E-state index is 11.0. The molecule has 0 amide bonds. The van der Waals surface area contributed by atoms with E-state index in [4.69, 9.17) is 10.5 Å². The van der Waals surface area contributed by atoms with E-state index in [1.165, 1.54) is 7.11 Å². The molecule has 5 nitrogen and oxygen atoms in total. The highest BCUT2D eigenvalue weighted by Crippen LogP contribution is 2.21. The van der Waals surface area contributed by atoms with Gasteiger partial charge in [0.2, 0.25) is 0 Å². The second-order valence-electron chi connectivity index (χ2n) is 2.72. The van der Waals surface area contributed by atoms with Crippen LogP contribution in [0.4, 0.5) is 0 Å². The van der Waals surface area contributed by atoms with E-state index < -0.39 is 30.0 Å².